The van der Waals surface area contributed by atoms with Crippen LogP contribution < -0.4 is 4.43 Å². The van der Waals surface area contributed by atoms with Crippen LogP contribution in [0.5, 0.6) is 0 Å². The number of aromatic nitrogens is 2. The number of halogens is 2. The first kappa shape index (κ1) is 17.2. The van der Waals surface area contributed by atoms with E-state index in [0.717, 1.165) is 0 Å². The van der Waals surface area contributed by atoms with Crippen LogP contribution >= 0.6 is 23.2 Å². The van der Waals surface area contributed by atoms with Crippen LogP contribution in [-0.4, -0.2) is 10.5 Å². The number of fused-ring (bicyclic) bond motifs is 1. The number of hydrogen-bond donors (Lipinski definition) is 0. The van der Waals surface area contributed by atoms with E-state index in [0.29, 0.717) is 24.8 Å². The number of nitrogens with zero attached hydrogens (tertiary/aromatic N) is 2. The van der Waals surface area contributed by atoms with Crippen molar-refractivity contribution in [3.8, 4) is 0 Å². The highest BCUT2D eigenvalue weighted by Gasteiger charge is 2.24. The molecule has 0 atom stereocenters. The Labute approximate surface area is 152 Å². The van der Waals surface area contributed by atoms with Gasteiger partial charge < -0.3 is 9.94 Å². The summed E-state index contributed by atoms with van der Waals surface area (Å²) in [5.74, 6) is -0.575. The van der Waals surface area contributed by atoms with Gasteiger partial charge in [0.1, 0.15) is 5.52 Å². The Morgan fingerprint density at radius 2 is 1.88 bits per heavy atom. The summed E-state index contributed by atoms with van der Waals surface area (Å²) in [5.41, 5.74) is 0.811. The van der Waals surface area contributed by atoms with Crippen LogP contribution in [0.4, 0.5) is 0 Å². The molecule has 1 aromatic heterocycles. The Hall–Kier alpha value is -2.63. The second-order valence-corrected chi connectivity index (χ2v) is 6.20. The standard InChI is InChI=1S/C18H12Cl2N2O3/c1-11-18(22(25)16-5-3-2-4-15(16)21(11)24)17(23)9-7-12-6-8-13(19)14(20)10-12/h2-10H,1H3/b9-7+. The van der Waals surface area contributed by atoms with Crippen LogP contribution in [0.3, 0.4) is 0 Å². The highest BCUT2D eigenvalue weighted by molar-refractivity contribution is 6.42. The highest BCUT2D eigenvalue weighted by atomic mass is 35.5. The Morgan fingerprint density at radius 1 is 1.16 bits per heavy atom. The average molecular weight is 375 g/mol. The number of carbonyl (C=O) groups is 1. The molecule has 126 valence electrons. The monoisotopic (exact) mass is 374 g/mol. The smallest absolute Gasteiger partial charge is 0.329 e. The van der Waals surface area contributed by atoms with Gasteiger partial charge in [0, 0.05) is 11.0 Å². The first-order valence-electron chi connectivity index (χ1n) is 7.32. The molecule has 0 spiro atoms. The summed E-state index contributed by atoms with van der Waals surface area (Å²) in [6.45, 7) is 1.44. The predicted molar refractivity (Wildman–Crippen MR) is 98.6 cm³/mol. The van der Waals surface area contributed by atoms with Crippen LogP contribution in [0, 0.1) is 17.0 Å². The number of ketones is 1. The fraction of sp³-hybridized carbons (Fsp3) is 0.0556. The zero-order chi connectivity index (χ0) is 18.1. The molecule has 0 radical (unpaired) electrons. The molecule has 2 aromatic carbocycles. The zero-order valence-electron chi connectivity index (χ0n) is 13.1. The van der Waals surface area contributed by atoms with Gasteiger partial charge in [-0.3, -0.25) is 4.79 Å². The van der Waals surface area contributed by atoms with E-state index >= 15 is 0 Å². The summed E-state index contributed by atoms with van der Waals surface area (Å²) in [5, 5.41) is 13.1. The summed E-state index contributed by atoms with van der Waals surface area (Å²) in [6, 6.07) is 11.2. The Bertz CT molecular complexity index is 1090. The number of hydrogen-bond acceptors (Lipinski definition) is 3. The first-order chi connectivity index (χ1) is 11.9. The Morgan fingerprint density at radius 3 is 2.60 bits per heavy atom. The lowest BCUT2D eigenvalue weighted by Gasteiger charge is -2.15. The van der Waals surface area contributed by atoms with E-state index in [1.807, 2.05) is 0 Å². The number of allylic oxidation sites excluding steroid dienone is 1. The minimum atomic E-state index is -0.575. The minimum Gasteiger partial charge on any atom is -0.805 e. The van der Waals surface area contributed by atoms with Gasteiger partial charge >= 0.3 is 5.69 Å². The van der Waals surface area contributed by atoms with Gasteiger partial charge in [-0.1, -0.05) is 47.5 Å². The molecule has 3 aromatic rings. The van der Waals surface area contributed by atoms with E-state index in [4.69, 9.17) is 23.2 Å². The van der Waals surface area contributed by atoms with Crippen molar-refractivity contribution >= 4 is 46.1 Å². The van der Waals surface area contributed by atoms with Gasteiger partial charge in [-0.15, -0.1) is 0 Å². The molecule has 0 bridgehead atoms. The van der Waals surface area contributed by atoms with Gasteiger partial charge in [0.05, 0.1) is 20.2 Å². The quantitative estimate of drug-likeness (QED) is 0.387. The lowest BCUT2D eigenvalue weighted by Crippen LogP contribution is -2.29. The summed E-state index contributed by atoms with van der Waals surface area (Å²) in [7, 11) is 0. The molecule has 1 heterocycles. The van der Waals surface area contributed by atoms with Gasteiger partial charge in [-0.25, -0.2) is 0 Å². The van der Waals surface area contributed by atoms with E-state index in [1.54, 1.807) is 30.3 Å². The number of rotatable bonds is 3. The summed E-state index contributed by atoms with van der Waals surface area (Å²) < 4.78 is 1.07. The predicted octanol–water partition coefficient (Wildman–Crippen LogP) is 4.41. The van der Waals surface area contributed by atoms with Crippen LogP contribution in [-0.2, 0) is 0 Å². The second-order valence-electron chi connectivity index (χ2n) is 5.38. The third-order valence-corrected chi connectivity index (χ3v) is 4.51. The molecule has 0 aliphatic rings. The molecule has 0 N–H and O–H groups in total. The fourth-order valence-electron chi connectivity index (χ4n) is 2.50. The second kappa shape index (κ2) is 6.70. The zero-order valence-corrected chi connectivity index (χ0v) is 14.6. The molecule has 5 nitrogen and oxygen atoms in total. The van der Waals surface area contributed by atoms with E-state index < -0.39 is 5.78 Å². The summed E-state index contributed by atoms with van der Waals surface area (Å²) in [6.07, 6.45) is 2.74. The van der Waals surface area contributed by atoms with E-state index in [-0.39, 0.29) is 22.4 Å². The number of carbonyl (C=O) groups excluding carboxylic acids is 1. The Balaban J connectivity index is 2.07. The van der Waals surface area contributed by atoms with Crippen LogP contribution in [0.15, 0.2) is 48.5 Å². The third kappa shape index (κ3) is 3.16. The van der Waals surface area contributed by atoms with Crippen LogP contribution in [0.2, 0.25) is 10.0 Å². The largest absolute Gasteiger partial charge is 0.805 e. The molecule has 7 heteroatoms. The maximum Gasteiger partial charge on any atom is 0.329 e. The van der Waals surface area contributed by atoms with Crippen molar-refractivity contribution in [2.75, 3.05) is 0 Å². The lowest BCUT2D eigenvalue weighted by molar-refractivity contribution is -0.468. The van der Waals surface area contributed by atoms with Gasteiger partial charge in [-0.05, 0) is 36.8 Å². The van der Waals surface area contributed by atoms with Gasteiger partial charge in [0.2, 0.25) is 0 Å². The molecular formula is C18H12Cl2N2O3. The topological polar surface area (TPSA) is 68.0 Å². The van der Waals surface area contributed by atoms with E-state index in [1.165, 1.54) is 31.2 Å². The molecule has 0 aliphatic heterocycles. The normalized spacial score (nSPS) is 11.3. The van der Waals surface area contributed by atoms with Crippen LogP contribution in [0.1, 0.15) is 21.7 Å². The molecule has 0 amide bonds. The third-order valence-electron chi connectivity index (χ3n) is 3.77. The molecule has 0 saturated carbocycles. The fourth-order valence-corrected chi connectivity index (χ4v) is 2.80. The molecule has 0 aliphatic carbocycles. The number of benzene rings is 2. The van der Waals surface area contributed by atoms with Crippen molar-refractivity contribution in [2.45, 2.75) is 6.92 Å². The maximum absolute atomic E-state index is 12.5. The molecule has 3 rings (SSSR count). The molecule has 25 heavy (non-hydrogen) atoms. The minimum absolute atomic E-state index is 0.0393. The van der Waals surface area contributed by atoms with Crippen molar-refractivity contribution in [3.63, 3.8) is 0 Å². The number of para-hydroxylation sites is 2. The summed E-state index contributed by atoms with van der Waals surface area (Å²) >= 11 is 11.8. The van der Waals surface area contributed by atoms with Gasteiger partial charge in [0.15, 0.2) is 0 Å². The van der Waals surface area contributed by atoms with Crippen LogP contribution in [0.25, 0.3) is 17.1 Å². The lowest BCUT2D eigenvalue weighted by atomic mass is 10.1. The van der Waals surface area contributed by atoms with Crippen molar-refractivity contribution in [1.29, 1.82) is 0 Å². The molecule has 0 unspecified atom stereocenters. The average Bonchev–Trinajstić information content (AvgIpc) is 2.61. The van der Waals surface area contributed by atoms with E-state index in [2.05, 4.69) is 0 Å². The van der Waals surface area contributed by atoms with Crippen molar-refractivity contribution in [1.82, 2.24) is 4.73 Å². The first-order valence-corrected chi connectivity index (χ1v) is 8.07. The Kier molecular flexibility index (Phi) is 4.61. The van der Waals surface area contributed by atoms with E-state index in [9.17, 15) is 14.9 Å². The van der Waals surface area contributed by atoms with Crippen molar-refractivity contribution < 1.29 is 9.22 Å². The van der Waals surface area contributed by atoms with Gasteiger partial charge in [-0.2, -0.15) is 0 Å². The molecule has 0 saturated heterocycles. The molecule has 0 fully saturated rings. The van der Waals surface area contributed by atoms with Gasteiger partial charge in [0.25, 0.3) is 11.3 Å². The van der Waals surface area contributed by atoms with Crippen molar-refractivity contribution in [2.24, 2.45) is 0 Å². The van der Waals surface area contributed by atoms with Crippen molar-refractivity contribution in [3.05, 3.63) is 85.7 Å². The SMILES string of the molecule is Cc1c(C(=O)/C=C/c2ccc(Cl)c(Cl)c2)[n+](=O)c2ccccc2n1[O-]. The summed E-state index contributed by atoms with van der Waals surface area (Å²) in [4.78, 5) is 25.0. The molecular weight excluding hydrogens is 363 g/mol. The maximum atomic E-state index is 12.5. The highest BCUT2D eigenvalue weighted by Crippen LogP contribution is 2.23.